The lowest BCUT2D eigenvalue weighted by atomic mass is 10.1. The van der Waals surface area contributed by atoms with Gasteiger partial charge < -0.3 is 10.0 Å². The number of fused-ring (bicyclic) bond motifs is 1. The van der Waals surface area contributed by atoms with Crippen molar-refractivity contribution < 1.29 is 9.90 Å². The highest BCUT2D eigenvalue weighted by Gasteiger charge is 2.29. The molecule has 1 saturated heterocycles. The van der Waals surface area contributed by atoms with Crippen molar-refractivity contribution in [3.05, 3.63) is 42.2 Å². The zero-order chi connectivity index (χ0) is 13.2. The van der Waals surface area contributed by atoms with E-state index in [-0.39, 0.29) is 18.6 Å². The highest BCUT2D eigenvalue weighted by molar-refractivity contribution is 6.06. The van der Waals surface area contributed by atoms with Crippen LogP contribution in [0.2, 0.25) is 0 Å². The van der Waals surface area contributed by atoms with Gasteiger partial charge in [0.15, 0.2) is 0 Å². The van der Waals surface area contributed by atoms with Crippen LogP contribution in [0.25, 0.3) is 10.8 Å². The van der Waals surface area contributed by atoms with Crippen LogP contribution >= 0.6 is 0 Å². The maximum Gasteiger partial charge on any atom is 0.256 e. The van der Waals surface area contributed by atoms with E-state index >= 15 is 0 Å². The largest absolute Gasteiger partial charge is 0.394 e. The maximum atomic E-state index is 12.6. The molecule has 0 radical (unpaired) electrons. The van der Waals surface area contributed by atoms with Crippen LogP contribution in [0.1, 0.15) is 23.2 Å². The average molecular weight is 256 g/mol. The molecule has 1 N–H and O–H groups in total. The molecule has 19 heavy (non-hydrogen) atoms. The van der Waals surface area contributed by atoms with Crippen LogP contribution < -0.4 is 0 Å². The van der Waals surface area contributed by atoms with Gasteiger partial charge in [0.2, 0.25) is 0 Å². The van der Waals surface area contributed by atoms with E-state index in [1.807, 2.05) is 24.3 Å². The normalized spacial score (nSPS) is 19.0. The Balaban J connectivity index is 2.02. The summed E-state index contributed by atoms with van der Waals surface area (Å²) in [6.45, 7) is 0.747. The molecule has 1 aromatic carbocycles. The van der Waals surface area contributed by atoms with Crippen LogP contribution in [0.5, 0.6) is 0 Å². The van der Waals surface area contributed by atoms with Crippen LogP contribution in [0.15, 0.2) is 36.7 Å². The van der Waals surface area contributed by atoms with Gasteiger partial charge in [-0.3, -0.25) is 9.78 Å². The third-order valence-corrected chi connectivity index (χ3v) is 3.75. The van der Waals surface area contributed by atoms with E-state index in [0.717, 1.165) is 23.6 Å². The fourth-order valence-electron chi connectivity index (χ4n) is 2.73. The summed E-state index contributed by atoms with van der Waals surface area (Å²) >= 11 is 0. The number of carbonyl (C=O) groups excluding carboxylic acids is 1. The van der Waals surface area contributed by atoms with E-state index < -0.39 is 0 Å². The average Bonchev–Trinajstić information content (AvgIpc) is 2.94. The van der Waals surface area contributed by atoms with Crippen molar-refractivity contribution in [2.24, 2.45) is 0 Å². The molecule has 0 unspecified atom stereocenters. The van der Waals surface area contributed by atoms with Crippen molar-refractivity contribution in [1.82, 2.24) is 9.88 Å². The van der Waals surface area contributed by atoms with Gasteiger partial charge >= 0.3 is 0 Å². The van der Waals surface area contributed by atoms with Gasteiger partial charge in [-0.15, -0.1) is 0 Å². The first-order chi connectivity index (χ1) is 9.31. The summed E-state index contributed by atoms with van der Waals surface area (Å²) in [5.41, 5.74) is 0.624. The Morgan fingerprint density at radius 3 is 3.05 bits per heavy atom. The summed E-state index contributed by atoms with van der Waals surface area (Å²) in [4.78, 5) is 18.5. The lowest BCUT2D eigenvalue weighted by Crippen LogP contribution is -2.37. The summed E-state index contributed by atoms with van der Waals surface area (Å²) in [6.07, 6.45) is 5.21. The van der Waals surface area contributed by atoms with Gasteiger partial charge in [0.1, 0.15) is 0 Å². The predicted octanol–water partition coefficient (Wildman–Crippen LogP) is 1.83. The second-order valence-corrected chi connectivity index (χ2v) is 4.89. The van der Waals surface area contributed by atoms with Crippen LogP contribution in [0.3, 0.4) is 0 Å². The van der Waals surface area contributed by atoms with Crippen LogP contribution in [0, 0.1) is 0 Å². The molecule has 1 atom stereocenters. The Bertz CT molecular complexity index is 607. The van der Waals surface area contributed by atoms with Crippen molar-refractivity contribution in [2.45, 2.75) is 18.9 Å². The molecule has 3 rings (SSSR count). The van der Waals surface area contributed by atoms with Gasteiger partial charge in [0.25, 0.3) is 5.91 Å². The summed E-state index contributed by atoms with van der Waals surface area (Å²) < 4.78 is 0. The number of likely N-dealkylation sites (tertiary alicyclic amines) is 1. The fourth-order valence-corrected chi connectivity index (χ4v) is 2.73. The number of aliphatic hydroxyl groups is 1. The molecular formula is C15H16N2O2. The minimum Gasteiger partial charge on any atom is -0.394 e. The minimum atomic E-state index is -0.0496. The van der Waals surface area contributed by atoms with Gasteiger partial charge in [0.05, 0.1) is 18.2 Å². The van der Waals surface area contributed by atoms with E-state index in [2.05, 4.69) is 4.98 Å². The van der Waals surface area contributed by atoms with E-state index in [1.165, 1.54) is 0 Å². The lowest BCUT2D eigenvalue weighted by molar-refractivity contribution is 0.0679. The second-order valence-electron chi connectivity index (χ2n) is 4.89. The van der Waals surface area contributed by atoms with Gasteiger partial charge in [-0.2, -0.15) is 0 Å². The van der Waals surface area contributed by atoms with Crippen molar-refractivity contribution in [2.75, 3.05) is 13.2 Å². The van der Waals surface area contributed by atoms with Gasteiger partial charge in [0, 0.05) is 24.3 Å². The minimum absolute atomic E-state index is 0.0270. The Labute approximate surface area is 111 Å². The smallest absolute Gasteiger partial charge is 0.256 e. The topological polar surface area (TPSA) is 53.4 Å². The monoisotopic (exact) mass is 256 g/mol. The first-order valence-corrected chi connectivity index (χ1v) is 6.56. The fraction of sp³-hybridized carbons (Fsp3) is 0.333. The molecule has 0 spiro atoms. The molecule has 4 nitrogen and oxygen atoms in total. The third kappa shape index (κ3) is 2.08. The zero-order valence-electron chi connectivity index (χ0n) is 10.6. The number of aromatic nitrogens is 1. The highest BCUT2D eigenvalue weighted by Crippen LogP contribution is 2.23. The number of nitrogens with zero attached hydrogens (tertiary/aromatic N) is 2. The van der Waals surface area contributed by atoms with E-state index in [0.29, 0.717) is 12.1 Å². The third-order valence-electron chi connectivity index (χ3n) is 3.75. The summed E-state index contributed by atoms with van der Waals surface area (Å²) in [5, 5.41) is 11.2. The second kappa shape index (κ2) is 4.97. The van der Waals surface area contributed by atoms with E-state index in [1.54, 1.807) is 17.3 Å². The van der Waals surface area contributed by atoms with Gasteiger partial charge in [-0.05, 0) is 18.2 Å². The molecule has 0 saturated carbocycles. The number of pyridine rings is 1. The SMILES string of the molecule is O=C(c1cncc2ccccc12)N1CCC[C@@H]1CO. The molecule has 1 aliphatic rings. The first kappa shape index (κ1) is 12.1. The maximum absolute atomic E-state index is 12.6. The standard InChI is InChI=1S/C15H16N2O2/c18-10-12-5-3-7-17(12)15(19)14-9-16-8-11-4-1-2-6-13(11)14/h1-2,4,6,8-9,12,18H,3,5,7,10H2/t12-/m1/s1. The zero-order valence-corrected chi connectivity index (χ0v) is 10.6. The van der Waals surface area contributed by atoms with Crippen LogP contribution in [-0.2, 0) is 0 Å². The number of benzene rings is 1. The quantitative estimate of drug-likeness (QED) is 0.892. The predicted molar refractivity (Wildman–Crippen MR) is 72.9 cm³/mol. The molecular weight excluding hydrogens is 240 g/mol. The van der Waals surface area contributed by atoms with Crippen molar-refractivity contribution in [3.63, 3.8) is 0 Å². The number of hydrogen-bond acceptors (Lipinski definition) is 3. The lowest BCUT2D eigenvalue weighted by Gasteiger charge is -2.23. The number of aliphatic hydroxyl groups excluding tert-OH is 1. The van der Waals surface area contributed by atoms with Crippen molar-refractivity contribution >= 4 is 16.7 Å². The number of hydrogen-bond donors (Lipinski definition) is 1. The summed E-state index contributed by atoms with van der Waals surface area (Å²) in [7, 11) is 0. The summed E-state index contributed by atoms with van der Waals surface area (Å²) in [6, 6.07) is 7.70. The highest BCUT2D eigenvalue weighted by atomic mass is 16.3. The summed E-state index contributed by atoms with van der Waals surface area (Å²) in [5.74, 6) is -0.0270. The first-order valence-electron chi connectivity index (χ1n) is 6.56. The Morgan fingerprint density at radius 2 is 2.21 bits per heavy atom. The number of rotatable bonds is 2. The number of amides is 1. The molecule has 2 aromatic rings. The molecule has 98 valence electrons. The van der Waals surface area contributed by atoms with Gasteiger partial charge in [-0.1, -0.05) is 24.3 Å². The molecule has 1 aromatic heterocycles. The molecule has 1 amide bonds. The van der Waals surface area contributed by atoms with Gasteiger partial charge in [-0.25, -0.2) is 0 Å². The molecule has 1 fully saturated rings. The van der Waals surface area contributed by atoms with Crippen molar-refractivity contribution in [1.29, 1.82) is 0 Å². The Morgan fingerprint density at radius 1 is 1.37 bits per heavy atom. The van der Waals surface area contributed by atoms with Crippen LogP contribution in [-0.4, -0.2) is 40.1 Å². The van der Waals surface area contributed by atoms with Crippen molar-refractivity contribution in [3.8, 4) is 0 Å². The molecule has 4 heteroatoms. The van der Waals surface area contributed by atoms with E-state index in [4.69, 9.17) is 0 Å². The molecule has 1 aliphatic heterocycles. The molecule has 0 bridgehead atoms. The molecule has 2 heterocycles. The Kier molecular flexibility index (Phi) is 3.17. The Hall–Kier alpha value is -1.94. The molecule has 0 aliphatic carbocycles. The number of carbonyl (C=O) groups is 1. The van der Waals surface area contributed by atoms with Crippen LogP contribution in [0.4, 0.5) is 0 Å². The van der Waals surface area contributed by atoms with E-state index in [9.17, 15) is 9.90 Å².